The van der Waals surface area contributed by atoms with E-state index in [9.17, 15) is 14.4 Å². The molecule has 0 bridgehead atoms. The number of carbonyl (C=O) groups is 3. The Hall–Kier alpha value is -1.79. The molecule has 1 aromatic rings. The third-order valence-electron chi connectivity index (χ3n) is 3.15. The maximum absolute atomic E-state index is 12.1. The van der Waals surface area contributed by atoms with Crippen molar-refractivity contribution in [3.8, 4) is 0 Å². The summed E-state index contributed by atoms with van der Waals surface area (Å²) in [4.78, 5) is 35.3. The monoisotopic (exact) mass is 351 g/mol. The highest BCUT2D eigenvalue weighted by Gasteiger charge is 2.25. The molecule has 110 valence electrons. The van der Waals surface area contributed by atoms with Crippen LogP contribution in [0.25, 0.3) is 0 Å². The molecule has 0 saturated heterocycles. The van der Waals surface area contributed by atoms with Crippen molar-refractivity contribution in [1.29, 1.82) is 0 Å². The van der Waals surface area contributed by atoms with Crippen LogP contribution in [-0.4, -0.2) is 36.6 Å². The van der Waals surface area contributed by atoms with Gasteiger partial charge in [-0.15, -0.1) is 0 Å². The number of halogens is 1. The molecule has 1 aliphatic rings. The average Bonchev–Trinajstić information content (AvgIpc) is 2.95. The Labute approximate surface area is 130 Å². The van der Waals surface area contributed by atoms with E-state index in [1.807, 2.05) is 24.3 Å². The second kappa shape index (κ2) is 7.28. The van der Waals surface area contributed by atoms with Gasteiger partial charge in [-0.3, -0.25) is 9.59 Å². The third kappa shape index (κ3) is 3.86. The van der Waals surface area contributed by atoms with Crippen molar-refractivity contribution in [2.45, 2.75) is 13.0 Å². The third-order valence-corrected chi connectivity index (χ3v) is 3.68. The standard InChI is InChI=1S/C15H14BrNO4/c16-13-3-1-11(2-4-13)7-17(15(20)5-6-18)14-10-21-9-12(14)8-19/h1-4,6,8H,5,7,9-10H2. The van der Waals surface area contributed by atoms with Crippen molar-refractivity contribution in [2.24, 2.45) is 0 Å². The number of ether oxygens (including phenoxy) is 1. The van der Waals surface area contributed by atoms with Crippen LogP contribution in [0.3, 0.4) is 0 Å². The Morgan fingerprint density at radius 3 is 2.57 bits per heavy atom. The summed E-state index contributed by atoms with van der Waals surface area (Å²) in [6, 6.07) is 7.50. The molecule has 0 aromatic heterocycles. The molecule has 0 spiro atoms. The van der Waals surface area contributed by atoms with Crippen LogP contribution in [0, 0.1) is 0 Å². The summed E-state index contributed by atoms with van der Waals surface area (Å²) in [5.41, 5.74) is 1.90. The van der Waals surface area contributed by atoms with Crippen LogP contribution in [0.2, 0.25) is 0 Å². The fourth-order valence-electron chi connectivity index (χ4n) is 2.07. The van der Waals surface area contributed by atoms with Gasteiger partial charge in [0.2, 0.25) is 5.91 Å². The molecule has 0 fully saturated rings. The number of amides is 1. The summed E-state index contributed by atoms with van der Waals surface area (Å²) < 4.78 is 6.17. The lowest BCUT2D eigenvalue weighted by Crippen LogP contribution is -2.31. The van der Waals surface area contributed by atoms with Gasteiger partial charge in [-0.2, -0.15) is 0 Å². The molecular weight excluding hydrogens is 338 g/mol. The topological polar surface area (TPSA) is 63.7 Å². The fourth-order valence-corrected chi connectivity index (χ4v) is 2.34. The zero-order valence-corrected chi connectivity index (χ0v) is 12.8. The number of rotatable bonds is 6. The Morgan fingerprint density at radius 2 is 1.95 bits per heavy atom. The Kier molecular flexibility index (Phi) is 5.41. The number of benzene rings is 1. The highest BCUT2D eigenvalue weighted by molar-refractivity contribution is 9.10. The highest BCUT2D eigenvalue weighted by Crippen LogP contribution is 2.21. The van der Waals surface area contributed by atoms with Gasteiger partial charge in [0.1, 0.15) is 12.6 Å². The summed E-state index contributed by atoms with van der Waals surface area (Å²) in [7, 11) is 0. The summed E-state index contributed by atoms with van der Waals surface area (Å²) in [5, 5.41) is 0. The highest BCUT2D eigenvalue weighted by atomic mass is 79.9. The first kappa shape index (κ1) is 15.6. The first-order chi connectivity index (χ1) is 10.2. The predicted octanol–water partition coefficient (Wildman–Crippen LogP) is 1.85. The molecule has 5 nitrogen and oxygen atoms in total. The van der Waals surface area contributed by atoms with E-state index >= 15 is 0 Å². The smallest absolute Gasteiger partial charge is 0.234 e. The Morgan fingerprint density at radius 1 is 1.24 bits per heavy atom. The molecule has 0 N–H and O–H groups in total. The SMILES string of the molecule is O=CCC(=O)N(Cc1ccc(Br)cc1)C1=C(C=O)COC1. The zero-order chi connectivity index (χ0) is 15.2. The minimum absolute atomic E-state index is 0.198. The van der Waals surface area contributed by atoms with E-state index in [1.165, 1.54) is 4.90 Å². The molecule has 1 amide bonds. The van der Waals surface area contributed by atoms with Crippen LogP contribution in [0.4, 0.5) is 0 Å². The van der Waals surface area contributed by atoms with Crippen molar-refractivity contribution >= 4 is 34.4 Å². The molecule has 0 atom stereocenters. The molecule has 1 heterocycles. The van der Waals surface area contributed by atoms with Gasteiger partial charge in [0.25, 0.3) is 0 Å². The largest absolute Gasteiger partial charge is 0.370 e. The molecule has 0 aliphatic carbocycles. The first-order valence-corrected chi connectivity index (χ1v) is 7.18. The fraction of sp³-hybridized carbons (Fsp3) is 0.267. The molecule has 1 aromatic carbocycles. The zero-order valence-electron chi connectivity index (χ0n) is 11.3. The maximum atomic E-state index is 12.1. The second-order valence-corrected chi connectivity index (χ2v) is 5.48. The number of aldehydes is 2. The van der Waals surface area contributed by atoms with Gasteiger partial charge < -0.3 is 14.4 Å². The maximum Gasteiger partial charge on any atom is 0.234 e. The summed E-state index contributed by atoms with van der Waals surface area (Å²) in [6.45, 7) is 0.704. The molecule has 0 radical (unpaired) electrons. The van der Waals surface area contributed by atoms with Crippen LogP contribution in [0.15, 0.2) is 40.0 Å². The summed E-state index contributed by atoms with van der Waals surface area (Å²) >= 11 is 3.35. The molecule has 0 saturated carbocycles. The summed E-state index contributed by atoms with van der Waals surface area (Å²) in [6.07, 6.45) is 1.05. The van der Waals surface area contributed by atoms with E-state index in [2.05, 4.69) is 15.9 Å². The van der Waals surface area contributed by atoms with E-state index < -0.39 is 0 Å². The van der Waals surface area contributed by atoms with Gasteiger partial charge >= 0.3 is 0 Å². The average molecular weight is 352 g/mol. The number of hydrogen-bond donors (Lipinski definition) is 0. The van der Waals surface area contributed by atoms with Crippen molar-refractivity contribution in [1.82, 2.24) is 4.90 Å². The Balaban J connectivity index is 2.28. The van der Waals surface area contributed by atoms with Crippen molar-refractivity contribution in [3.63, 3.8) is 0 Å². The Bertz CT molecular complexity index is 580. The molecular formula is C15H14BrNO4. The second-order valence-electron chi connectivity index (χ2n) is 4.56. The first-order valence-electron chi connectivity index (χ1n) is 6.39. The van der Waals surface area contributed by atoms with E-state index in [0.717, 1.165) is 10.0 Å². The molecule has 6 heteroatoms. The lowest BCUT2D eigenvalue weighted by atomic mass is 10.1. The van der Waals surface area contributed by atoms with Crippen LogP contribution in [0.5, 0.6) is 0 Å². The molecule has 2 rings (SSSR count). The van der Waals surface area contributed by atoms with E-state index in [1.54, 1.807) is 0 Å². The van der Waals surface area contributed by atoms with E-state index in [4.69, 9.17) is 4.74 Å². The van der Waals surface area contributed by atoms with E-state index in [-0.39, 0.29) is 25.5 Å². The summed E-state index contributed by atoms with van der Waals surface area (Å²) in [5.74, 6) is -0.340. The normalized spacial score (nSPS) is 14.1. The minimum Gasteiger partial charge on any atom is -0.370 e. The van der Waals surface area contributed by atoms with Gasteiger partial charge in [0, 0.05) is 10.0 Å². The minimum atomic E-state index is -0.340. The number of nitrogens with zero attached hydrogens (tertiary/aromatic N) is 1. The number of carbonyl (C=O) groups excluding carboxylic acids is 3. The molecule has 21 heavy (non-hydrogen) atoms. The van der Waals surface area contributed by atoms with Gasteiger partial charge in [-0.25, -0.2) is 0 Å². The van der Waals surface area contributed by atoms with Gasteiger partial charge in [0.05, 0.1) is 31.9 Å². The van der Waals surface area contributed by atoms with Crippen molar-refractivity contribution in [2.75, 3.05) is 13.2 Å². The van der Waals surface area contributed by atoms with Crippen LogP contribution in [-0.2, 0) is 25.7 Å². The van der Waals surface area contributed by atoms with Gasteiger partial charge in [-0.1, -0.05) is 28.1 Å². The van der Waals surface area contributed by atoms with Gasteiger partial charge in [0.15, 0.2) is 0 Å². The quantitative estimate of drug-likeness (QED) is 0.579. The van der Waals surface area contributed by atoms with Crippen LogP contribution < -0.4 is 0 Å². The van der Waals surface area contributed by atoms with Crippen molar-refractivity contribution in [3.05, 3.63) is 45.6 Å². The van der Waals surface area contributed by atoms with Crippen molar-refractivity contribution < 1.29 is 19.1 Å². The van der Waals surface area contributed by atoms with Crippen LogP contribution in [0.1, 0.15) is 12.0 Å². The van der Waals surface area contributed by atoms with Crippen LogP contribution >= 0.6 is 15.9 Å². The lowest BCUT2D eigenvalue weighted by Gasteiger charge is -2.23. The number of hydrogen-bond acceptors (Lipinski definition) is 4. The molecule has 0 unspecified atom stereocenters. The lowest BCUT2D eigenvalue weighted by molar-refractivity contribution is -0.131. The van der Waals surface area contributed by atoms with Gasteiger partial charge in [-0.05, 0) is 17.7 Å². The molecule has 1 aliphatic heterocycles. The predicted molar refractivity (Wildman–Crippen MR) is 79.3 cm³/mol. The van der Waals surface area contributed by atoms with E-state index in [0.29, 0.717) is 30.4 Å².